The van der Waals surface area contributed by atoms with E-state index in [4.69, 9.17) is 5.73 Å². The maximum Gasteiger partial charge on any atom is 0.244 e. The smallest absolute Gasteiger partial charge is 0.244 e. The Bertz CT molecular complexity index is 473. The number of rotatable bonds is 3. The zero-order valence-corrected chi connectivity index (χ0v) is 11.8. The van der Waals surface area contributed by atoms with E-state index in [0.717, 1.165) is 50.3 Å². The van der Waals surface area contributed by atoms with Crippen molar-refractivity contribution in [2.75, 3.05) is 23.3 Å². The van der Waals surface area contributed by atoms with Crippen molar-refractivity contribution in [2.45, 2.75) is 44.1 Å². The van der Waals surface area contributed by atoms with Gasteiger partial charge in [-0.05, 0) is 37.8 Å². The molecule has 0 aromatic carbocycles. The number of amides is 1. The van der Waals surface area contributed by atoms with Crippen LogP contribution in [0.15, 0.2) is 18.3 Å². The number of pyridine rings is 1. The van der Waals surface area contributed by atoms with Crippen LogP contribution in [0.3, 0.4) is 0 Å². The third kappa shape index (κ3) is 2.63. The van der Waals surface area contributed by atoms with Crippen LogP contribution in [0.5, 0.6) is 0 Å². The van der Waals surface area contributed by atoms with Crippen LogP contribution < -0.4 is 16.0 Å². The Morgan fingerprint density at radius 2 is 1.90 bits per heavy atom. The summed E-state index contributed by atoms with van der Waals surface area (Å²) < 4.78 is 0. The van der Waals surface area contributed by atoms with Gasteiger partial charge in [0, 0.05) is 13.1 Å². The molecule has 0 spiro atoms. The number of carbonyl (C=O) groups excluding carboxylic acids is 1. The molecule has 1 aromatic rings. The van der Waals surface area contributed by atoms with E-state index in [1.165, 1.54) is 12.8 Å². The average molecular weight is 274 g/mol. The number of anilines is 2. The van der Waals surface area contributed by atoms with E-state index >= 15 is 0 Å². The molecular weight excluding hydrogens is 252 g/mol. The lowest BCUT2D eigenvalue weighted by Crippen LogP contribution is -2.48. The van der Waals surface area contributed by atoms with Gasteiger partial charge in [0.25, 0.3) is 0 Å². The predicted octanol–water partition coefficient (Wildman–Crippen LogP) is 1.89. The molecule has 1 aliphatic carbocycles. The molecule has 1 saturated carbocycles. The first-order valence-corrected chi connectivity index (χ1v) is 7.49. The first-order valence-electron chi connectivity index (χ1n) is 7.49. The Morgan fingerprint density at radius 1 is 1.20 bits per heavy atom. The Morgan fingerprint density at radius 3 is 2.50 bits per heavy atom. The second-order valence-electron chi connectivity index (χ2n) is 5.92. The van der Waals surface area contributed by atoms with Gasteiger partial charge in [-0.2, -0.15) is 0 Å². The van der Waals surface area contributed by atoms with Crippen molar-refractivity contribution in [3.05, 3.63) is 18.3 Å². The van der Waals surface area contributed by atoms with E-state index in [1.54, 1.807) is 6.20 Å². The molecule has 5 heteroatoms. The molecule has 1 saturated heterocycles. The SMILES string of the molecule is NC1(C(=O)Nc2ccc(N3CCCC3)nc2)CCCC1. The first kappa shape index (κ1) is 13.4. The molecule has 3 rings (SSSR count). The monoisotopic (exact) mass is 274 g/mol. The summed E-state index contributed by atoms with van der Waals surface area (Å²) in [5.74, 6) is 0.912. The number of nitrogens with one attached hydrogen (secondary N) is 1. The fourth-order valence-corrected chi connectivity index (χ4v) is 3.08. The third-order valence-electron chi connectivity index (χ3n) is 4.38. The summed E-state index contributed by atoms with van der Waals surface area (Å²) in [5.41, 5.74) is 6.18. The second kappa shape index (κ2) is 5.40. The van der Waals surface area contributed by atoms with Gasteiger partial charge in [0.05, 0.1) is 17.4 Å². The van der Waals surface area contributed by atoms with Crippen LogP contribution in [0, 0.1) is 0 Å². The van der Waals surface area contributed by atoms with Crippen molar-refractivity contribution >= 4 is 17.4 Å². The minimum absolute atomic E-state index is 0.0780. The lowest BCUT2D eigenvalue weighted by molar-refractivity contribution is -0.121. The molecule has 2 aliphatic rings. The average Bonchev–Trinajstić information content (AvgIpc) is 3.11. The number of nitrogens with zero attached hydrogens (tertiary/aromatic N) is 2. The number of aromatic nitrogens is 1. The summed E-state index contributed by atoms with van der Waals surface area (Å²) in [6.07, 6.45) is 7.82. The molecule has 108 valence electrons. The first-order chi connectivity index (χ1) is 9.67. The van der Waals surface area contributed by atoms with Crippen LogP contribution in [0.25, 0.3) is 0 Å². The van der Waals surface area contributed by atoms with Crippen LogP contribution >= 0.6 is 0 Å². The molecule has 0 bridgehead atoms. The minimum Gasteiger partial charge on any atom is -0.357 e. The number of carbonyl (C=O) groups is 1. The van der Waals surface area contributed by atoms with Gasteiger partial charge < -0.3 is 16.0 Å². The normalized spacial score (nSPS) is 21.1. The molecule has 0 unspecified atom stereocenters. The van der Waals surface area contributed by atoms with Gasteiger partial charge in [-0.15, -0.1) is 0 Å². The molecule has 1 aromatic heterocycles. The Kier molecular flexibility index (Phi) is 3.61. The van der Waals surface area contributed by atoms with Crippen molar-refractivity contribution < 1.29 is 4.79 Å². The Labute approximate surface area is 119 Å². The van der Waals surface area contributed by atoms with Crippen molar-refractivity contribution in [1.29, 1.82) is 0 Å². The molecular formula is C15H22N4O. The van der Waals surface area contributed by atoms with Crippen LogP contribution in [0.2, 0.25) is 0 Å². The van der Waals surface area contributed by atoms with E-state index in [9.17, 15) is 4.79 Å². The number of hydrogen-bond acceptors (Lipinski definition) is 4. The minimum atomic E-state index is -0.687. The molecule has 3 N–H and O–H groups in total. The fraction of sp³-hybridized carbons (Fsp3) is 0.600. The summed E-state index contributed by atoms with van der Waals surface area (Å²) in [6.45, 7) is 2.15. The summed E-state index contributed by atoms with van der Waals surface area (Å²) in [7, 11) is 0. The highest BCUT2D eigenvalue weighted by Crippen LogP contribution is 2.28. The lowest BCUT2D eigenvalue weighted by atomic mass is 9.98. The standard InChI is InChI=1S/C15H22N4O/c16-15(7-1-2-8-15)14(20)18-12-5-6-13(17-11-12)19-9-3-4-10-19/h5-6,11H,1-4,7-10,16H2,(H,18,20). The van der Waals surface area contributed by atoms with Gasteiger partial charge in [-0.3, -0.25) is 4.79 Å². The van der Waals surface area contributed by atoms with Gasteiger partial charge in [0.15, 0.2) is 0 Å². The van der Waals surface area contributed by atoms with Crippen LogP contribution in [0.4, 0.5) is 11.5 Å². The second-order valence-corrected chi connectivity index (χ2v) is 5.92. The van der Waals surface area contributed by atoms with Gasteiger partial charge >= 0.3 is 0 Å². The van der Waals surface area contributed by atoms with E-state index < -0.39 is 5.54 Å². The highest BCUT2D eigenvalue weighted by molar-refractivity contribution is 5.98. The predicted molar refractivity (Wildman–Crippen MR) is 79.7 cm³/mol. The van der Waals surface area contributed by atoms with Crippen molar-refractivity contribution in [2.24, 2.45) is 5.73 Å². The van der Waals surface area contributed by atoms with Crippen LogP contribution in [0.1, 0.15) is 38.5 Å². The maximum absolute atomic E-state index is 12.2. The van der Waals surface area contributed by atoms with Crippen molar-refractivity contribution in [1.82, 2.24) is 4.98 Å². The van der Waals surface area contributed by atoms with E-state index in [1.807, 2.05) is 12.1 Å². The maximum atomic E-state index is 12.2. The zero-order valence-electron chi connectivity index (χ0n) is 11.8. The topological polar surface area (TPSA) is 71.2 Å². The molecule has 0 atom stereocenters. The Hall–Kier alpha value is -1.62. The highest BCUT2D eigenvalue weighted by Gasteiger charge is 2.36. The summed E-state index contributed by atoms with van der Waals surface area (Å²) in [6, 6.07) is 3.88. The third-order valence-corrected chi connectivity index (χ3v) is 4.38. The fourth-order valence-electron chi connectivity index (χ4n) is 3.08. The summed E-state index contributed by atoms with van der Waals surface area (Å²) >= 11 is 0. The molecule has 2 heterocycles. The molecule has 0 radical (unpaired) electrons. The van der Waals surface area contributed by atoms with Crippen molar-refractivity contribution in [3.8, 4) is 0 Å². The molecule has 1 amide bonds. The molecule has 5 nitrogen and oxygen atoms in total. The van der Waals surface area contributed by atoms with Crippen LogP contribution in [-0.4, -0.2) is 29.5 Å². The van der Waals surface area contributed by atoms with E-state index in [0.29, 0.717) is 0 Å². The van der Waals surface area contributed by atoms with E-state index in [2.05, 4.69) is 15.2 Å². The number of nitrogens with two attached hydrogens (primary N) is 1. The molecule has 2 fully saturated rings. The number of hydrogen-bond donors (Lipinski definition) is 2. The van der Waals surface area contributed by atoms with Gasteiger partial charge in [0.2, 0.25) is 5.91 Å². The molecule has 1 aliphatic heterocycles. The van der Waals surface area contributed by atoms with Crippen molar-refractivity contribution in [3.63, 3.8) is 0 Å². The Balaban J connectivity index is 1.64. The zero-order chi connectivity index (χ0) is 14.0. The van der Waals surface area contributed by atoms with Gasteiger partial charge in [-0.1, -0.05) is 12.8 Å². The van der Waals surface area contributed by atoms with E-state index in [-0.39, 0.29) is 5.91 Å². The van der Waals surface area contributed by atoms with Gasteiger partial charge in [0.1, 0.15) is 5.82 Å². The summed E-state index contributed by atoms with van der Waals surface area (Å²) in [5, 5.41) is 2.90. The molecule has 20 heavy (non-hydrogen) atoms. The van der Waals surface area contributed by atoms with Gasteiger partial charge in [-0.25, -0.2) is 4.98 Å². The quantitative estimate of drug-likeness (QED) is 0.883. The summed E-state index contributed by atoms with van der Waals surface area (Å²) in [4.78, 5) is 18.9. The highest BCUT2D eigenvalue weighted by atomic mass is 16.2. The lowest BCUT2D eigenvalue weighted by Gasteiger charge is -2.22. The van der Waals surface area contributed by atoms with Crippen LogP contribution in [-0.2, 0) is 4.79 Å². The largest absolute Gasteiger partial charge is 0.357 e.